The molecule has 29 heavy (non-hydrogen) atoms. The highest BCUT2D eigenvalue weighted by atomic mass is 19.4. The zero-order chi connectivity index (χ0) is 21.3. The maximum Gasteiger partial charge on any atom is 0.401 e. The van der Waals surface area contributed by atoms with E-state index in [1.807, 2.05) is 49.2 Å². The van der Waals surface area contributed by atoms with E-state index in [9.17, 15) is 13.2 Å². The van der Waals surface area contributed by atoms with E-state index in [1.54, 1.807) is 6.20 Å². The molecule has 0 atom stereocenters. The molecule has 0 aliphatic heterocycles. The average Bonchev–Trinajstić information content (AvgIpc) is 3.12. The Hall–Kier alpha value is -2.55. The Kier molecular flexibility index (Phi) is 8.50. The van der Waals surface area contributed by atoms with E-state index in [0.29, 0.717) is 38.6 Å². The van der Waals surface area contributed by atoms with Gasteiger partial charge in [-0.05, 0) is 32.5 Å². The van der Waals surface area contributed by atoms with Gasteiger partial charge in [-0.15, -0.1) is 0 Å². The summed E-state index contributed by atoms with van der Waals surface area (Å²) in [5.74, 6) is 1.51. The number of nitrogens with zero attached hydrogens (tertiary/aromatic N) is 4. The predicted molar refractivity (Wildman–Crippen MR) is 110 cm³/mol. The number of aliphatic imine (C=N–C) groups is 1. The Morgan fingerprint density at radius 2 is 1.93 bits per heavy atom. The lowest BCUT2D eigenvalue weighted by molar-refractivity contribution is -0.143. The molecular formula is C20H29F3N6. The van der Waals surface area contributed by atoms with Crippen LogP contribution in [-0.4, -0.2) is 72.2 Å². The van der Waals surface area contributed by atoms with E-state index in [2.05, 4.69) is 20.3 Å². The number of aromatic amines is 1. The fourth-order valence-corrected chi connectivity index (χ4v) is 2.89. The van der Waals surface area contributed by atoms with Gasteiger partial charge in [-0.3, -0.25) is 9.89 Å². The Labute approximate surface area is 169 Å². The maximum atomic E-state index is 12.4. The van der Waals surface area contributed by atoms with Crippen molar-refractivity contribution in [3.63, 3.8) is 0 Å². The van der Waals surface area contributed by atoms with Gasteiger partial charge >= 0.3 is 6.18 Å². The smallest absolute Gasteiger partial charge is 0.357 e. The van der Waals surface area contributed by atoms with Crippen molar-refractivity contribution in [2.24, 2.45) is 4.99 Å². The second kappa shape index (κ2) is 10.8. The van der Waals surface area contributed by atoms with Gasteiger partial charge in [0.25, 0.3) is 0 Å². The molecule has 2 rings (SSSR count). The van der Waals surface area contributed by atoms with Crippen molar-refractivity contribution >= 4 is 5.96 Å². The van der Waals surface area contributed by atoms with Gasteiger partial charge in [-0.1, -0.05) is 30.3 Å². The van der Waals surface area contributed by atoms with E-state index in [1.165, 1.54) is 11.9 Å². The molecule has 2 N–H and O–H groups in total. The standard InChI is InChI=1S/C20H29F3N6/c1-4-24-19(25-11-8-12-28(2)15-20(21,22)23)29(3)14-18-26-13-17(27-18)16-9-6-5-7-10-16/h5-7,9-10,13H,4,8,11-12,14-15H2,1-3H3,(H,24,25)(H,26,27). The second-order valence-electron chi connectivity index (χ2n) is 6.91. The molecular weight excluding hydrogens is 381 g/mol. The summed E-state index contributed by atoms with van der Waals surface area (Å²) < 4.78 is 37.1. The topological polar surface area (TPSA) is 59.6 Å². The number of hydrogen-bond acceptors (Lipinski definition) is 3. The van der Waals surface area contributed by atoms with Crippen molar-refractivity contribution in [1.82, 2.24) is 25.1 Å². The minimum atomic E-state index is -4.17. The summed E-state index contributed by atoms with van der Waals surface area (Å²) in [7, 11) is 3.37. The predicted octanol–water partition coefficient (Wildman–Crippen LogP) is 3.36. The van der Waals surface area contributed by atoms with E-state index in [0.717, 1.165) is 17.1 Å². The van der Waals surface area contributed by atoms with Crippen molar-refractivity contribution < 1.29 is 13.2 Å². The summed E-state index contributed by atoms with van der Waals surface area (Å²) in [5, 5.41) is 3.21. The zero-order valence-electron chi connectivity index (χ0n) is 17.1. The summed E-state index contributed by atoms with van der Waals surface area (Å²) in [6, 6.07) is 9.95. The number of nitrogens with one attached hydrogen (secondary N) is 2. The monoisotopic (exact) mass is 410 g/mol. The second-order valence-corrected chi connectivity index (χ2v) is 6.91. The quantitative estimate of drug-likeness (QED) is 0.378. The number of hydrogen-bond donors (Lipinski definition) is 2. The molecule has 0 saturated heterocycles. The zero-order valence-corrected chi connectivity index (χ0v) is 17.1. The van der Waals surface area contributed by atoms with Gasteiger partial charge < -0.3 is 15.2 Å². The molecule has 0 aliphatic rings. The van der Waals surface area contributed by atoms with E-state index < -0.39 is 12.7 Å². The number of rotatable bonds is 9. The summed E-state index contributed by atoms with van der Waals surface area (Å²) >= 11 is 0. The third-order valence-corrected chi connectivity index (χ3v) is 4.21. The molecule has 0 fully saturated rings. The number of alkyl halides is 3. The van der Waals surface area contributed by atoms with Crippen LogP contribution < -0.4 is 5.32 Å². The number of aromatic nitrogens is 2. The third kappa shape index (κ3) is 8.15. The molecule has 0 unspecified atom stereocenters. The highest BCUT2D eigenvalue weighted by Crippen LogP contribution is 2.17. The Balaban J connectivity index is 1.89. The summed E-state index contributed by atoms with van der Waals surface area (Å²) in [5.41, 5.74) is 2.01. The van der Waals surface area contributed by atoms with Crippen LogP contribution in [0.3, 0.4) is 0 Å². The van der Waals surface area contributed by atoms with Crippen LogP contribution >= 0.6 is 0 Å². The summed E-state index contributed by atoms with van der Waals surface area (Å²) in [6.45, 7) is 3.09. The van der Waals surface area contributed by atoms with Crippen LogP contribution in [0.4, 0.5) is 13.2 Å². The van der Waals surface area contributed by atoms with Gasteiger partial charge in [-0.2, -0.15) is 13.2 Å². The molecule has 160 valence electrons. The molecule has 1 aromatic carbocycles. The Morgan fingerprint density at radius 1 is 1.21 bits per heavy atom. The molecule has 6 nitrogen and oxygen atoms in total. The first-order chi connectivity index (χ1) is 13.8. The lowest BCUT2D eigenvalue weighted by Gasteiger charge is -2.21. The van der Waals surface area contributed by atoms with Crippen LogP contribution in [0.1, 0.15) is 19.2 Å². The lowest BCUT2D eigenvalue weighted by atomic mass is 10.2. The lowest BCUT2D eigenvalue weighted by Crippen LogP contribution is -2.39. The SMILES string of the molecule is CCNC(=NCCCN(C)CC(F)(F)F)N(C)Cc1ncc(-c2ccccc2)[nH]1. The van der Waals surface area contributed by atoms with Crippen LogP contribution in [0.5, 0.6) is 0 Å². The molecule has 1 heterocycles. The van der Waals surface area contributed by atoms with Gasteiger partial charge in [0.1, 0.15) is 5.82 Å². The van der Waals surface area contributed by atoms with Crippen LogP contribution in [0.15, 0.2) is 41.5 Å². The number of H-pyrrole nitrogens is 1. The van der Waals surface area contributed by atoms with Crippen LogP contribution in [0.2, 0.25) is 0 Å². The normalized spacial score (nSPS) is 12.4. The fourth-order valence-electron chi connectivity index (χ4n) is 2.89. The van der Waals surface area contributed by atoms with Crippen molar-refractivity contribution in [2.75, 3.05) is 40.3 Å². The van der Waals surface area contributed by atoms with Gasteiger partial charge in [0.05, 0.1) is 25.0 Å². The van der Waals surface area contributed by atoms with Crippen molar-refractivity contribution in [3.05, 3.63) is 42.4 Å². The molecule has 0 bridgehead atoms. The van der Waals surface area contributed by atoms with Gasteiger partial charge in [-0.25, -0.2) is 4.98 Å². The average molecular weight is 410 g/mol. The molecule has 0 amide bonds. The van der Waals surface area contributed by atoms with E-state index >= 15 is 0 Å². The van der Waals surface area contributed by atoms with Crippen LogP contribution in [-0.2, 0) is 6.54 Å². The highest BCUT2D eigenvalue weighted by Gasteiger charge is 2.28. The van der Waals surface area contributed by atoms with Gasteiger partial charge in [0, 0.05) is 20.1 Å². The summed E-state index contributed by atoms with van der Waals surface area (Å²) in [6.07, 6.45) is -1.82. The van der Waals surface area contributed by atoms with E-state index in [-0.39, 0.29) is 0 Å². The minimum Gasteiger partial charge on any atom is -0.357 e. The Morgan fingerprint density at radius 3 is 2.59 bits per heavy atom. The van der Waals surface area contributed by atoms with Gasteiger partial charge in [0.15, 0.2) is 5.96 Å². The first-order valence-electron chi connectivity index (χ1n) is 9.62. The maximum absolute atomic E-state index is 12.4. The highest BCUT2D eigenvalue weighted by molar-refractivity contribution is 5.79. The van der Waals surface area contributed by atoms with Crippen LogP contribution in [0.25, 0.3) is 11.3 Å². The Bertz CT molecular complexity index is 757. The molecule has 2 aromatic rings. The number of halogens is 3. The largest absolute Gasteiger partial charge is 0.401 e. The fraction of sp³-hybridized carbons (Fsp3) is 0.500. The number of benzene rings is 1. The first-order valence-corrected chi connectivity index (χ1v) is 9.62. The molecule has 0 saturated carbocycles. The third-order valence-electron chi connectivity index (χ3n) is 4.21. The van der Waals surface area contributed by atoms with E-state index in [4.69, 9.17) is 0 Å². The van der Waals surface area contributed by atoms with Crippen LogP contribution in [0, 0.1) is 0 Å². The van der Waals surface area contributed by atoms with Gasteiger partial charge in [0.2, 0.25) is 0 Å². The minimum absolute atomic E-state index is 0.338. The van der Waals surface area contributed by atoms with Crippen molar-refractivity contribution in [2.45, 2.75) is 26.1 Å². The molecule has 0 spiro atoms. The molecule has 0 aliphatic carbocycles. The number of imidazole rings is 1. The molecule has 1 aromatic heterocycles. The van der Waals surface area contributed by atoms with Crippen molar-refractivity contribution in [3.8, 4) is 11.3 Å². The molecule has 9 heteroatoms. The first kappa shape index (κ1) is 22.7. The number of guanidine groups is 1. The van der Waals surface area contributed by atoms with Crippen molar-refractivity contribution in [1.29, 1.82) is 0 Å². The molecule has 0 radical (unpaired) electrons. The summed E-state index contributed by atoms with van der Waals surface area (Å²) in [4.78, 5) is 15.5.